The topological polar surface area (TPSA) is 38.3 Å². The molecule has 0 radical (unpaired) electrons. The smallest absolute Gasteiger partial charge is 0.254 e. The number of amides is 1. The predicted molar refractivity (Wildman–Crippen MR) is 80.3 cm³/mol. The molecule has 1 atom stereocenters. The van der Waals surface area contributed by atoms with Crippen LogP contribution in [0.4, 0.5) is 4.39 Å². The zero-order chi connectivity index (χ0) is 15.4. The van der Waals surface area contributed by atoms with E-state index in [2.05, 4.69) is 5.32 Å². The summed E-state index contributed by atoms with van der Waals surface area (Å²) in [5, 5.41) is 3.05. The molecule has 0 unspecified atom stereocenters. The van der Waals surface area contributed by atoms with Gasteiger partial charge in [-0.25, -0.2) is 4.39 Å². The molecule has 0 aromatic heterocycles. The molecular formula is C16H15ClFNO2. The maximum Gasteiger partial charge on any atom is 0.254 e. The summed E-state index contributed by atoms with van der Waals surface area (Å²) < 4.78 is 18.9. The van der Waals surface area contributed by atoms with E-state index in [1.807, 2.05) is 18.2 Å². The second kappa shape index (κ2) is 6.59. The number of hydrogen-bond acceptors (Lipinski definition) is 2. The number of para-hydroxylation sites is 1. The summed E-state index contributed by atoms with van der Waals surface area (Å²) in [6.45, 7) is 1.80. The average Bonchev–Trinajstić information content (AvgIpc) is 2.49. The van der Waals surface area contributed by atoms with E-state index in [0.29, 0.717) is 10.8 Å². The Morgan fingerprint density at radius 2 is 2.00 bits per heavy atom. The Labute approximate surface area is 127 Å². The minimum Gasteiger partial charge on any atom is -0.496 e. The number of carbonyl (C=O) groups is 1. The Morgan fingerprint density at radius 3 is 2.71 bits per heavy atom. The summed E-state index contributed by atoms with van der Waals surface area (Å²) in [5.74, 6) is -0.464. The van der Waals surface area contributed by atoms with Crippen molar-refractivity contribution in [3.8, 4) is 5.75 Å². The van der Waals surface area contributed by atoms with Crippen molar-refractivity contribution in [1.29, 1.82) is 0 Å². The van der Waals surface area contributed by atoms with Crippen LogP contribution in [-0.2, 0) is 0 Å². The van der Waals surface area contributed by atoms with E-state index >= 15 is 0 Å². The minimum atomic E-state index is -0.607. The Hall–Kier alpha value is -2.07. The quantitative estimate of drug-likeness (QED) is 0.928. The third kappa shape index (κ3) is 3.52. The van der Waals surface area contributed by atoms with Gasteiger partial charge >= 0.3 is 0 Å². The highest BCUT2D eigenvalue weighted by atomic mass is 35.5. The summed E-state index contributed by atoms with van der Waals surface area (Å²) in [7, 11) is 1.56. The van der Waals surface area contributed by atoms with Crippen LogP contribution in [0.15, 0.2) is 42.5 Å². The molecule has 2 aromatic carbocycles. The van der Waals surface area contributed by atoms with Crippen LogP contribution in [0.25, 0.3) is 0 Å². The van der Waals surface area contributed by atoms with Gasteiger partial charge in [-0.1, -0.05) is 29.8 Å². The van der Waals surface area contributed by atoms with Gasteiger partial charge < -0.3 is 10.1 Å². The SMILES string of the molecule is COc1ccccc1[C@H](C)NC(=O)c1cc(Cl)ccc1F. The van der Waals surface area contributed by atoms with Gasteiger partial charge in [-0.05, 0) is 31.2 Å². The molecule has 3 nitrogen and oxygen atoms in total. The third-order valence-corrected chi connectivity index (χ3v) is 3.36. The number of ether oxygens (including phenoxy) is 1. The van der Waals surface area contributed by atoms with E-state index in [1.54, 1.807) is 20.1 Å². The van der Waals surface area contributed by atoms with Crippen molar-refractivity contribution >= 4 is 17.5 Å². The van der Waals surface area contributed by atoms with Gasteiger partial charge in [0.2, 0.25) is 0 Å². The normalized spacial score (nSPS) is 11.8. The number of halogens is 2. The van der Waals surface area contributed by atoms with Gasteiger partial charge in [-0.2, -0.15) is 0 Å². The van der Waals surface area contributed by atoms with Gasteiger partial charge in [0.1, 0.15) is 11.6 Å². The first-order chi connectivity index (χ1) is 10.0. The van der Waals surface area contributed by atoms with Crippen molar-refractivity contribution in [3.63, 3.8) is 0 Å². The molecule has 0 aliphatic rings. The van der Waals surface area contributed by atoms with Crippen LogP contribution >= 0.6 is 11.6 Å². The van der Waals surface area contributed by atoms with Crippen molar-refractivity contribution in [1.82, 2.24) is 5.32 Å². The van der Waals surface area contributed by atoms with Crippen LogP contribution in [0.5, 0.6) is 5.75 Å². The molecular weight excluding hydrogens is 293 g/mol. The monoisotopic (exact) mass is 307 g/mol. The van der Waals surface area contributed by atoms with E-state index < -0.39 is 11.7 Å². The lowest BCUT2D eigenvalue weighted by atomic mass is 10.1. The number of hydrogen-bond donors (Lipinski definition) is 1. The fourth-order valence-electron chi connectivity index (χ4n) is 2.05. The molecule has 0 saturated carbocycles. The minimum absolute atomic E-state index is 0.0794. The molecule has 0 heterocycles. The lowest BCUT2D eigenvalue weighted by molar-refractivity contribution is 0.0935. The first-order valence-electron chi connectivity index (χ1n) is 6.41. The molecule has 2 rings (SSSR count). The Kier molecular flexibility index (Phi) is 4.81. The van der Waals surface area contributed by atoms with Crippen LogP contribution < -0.4 is 10.1 Å². The van der Waals surface area contributed by atoms with E-state index in [4.69, 9.17) is 16.3 Å². The van der Waals surface area contributed by atoms with Crippen LogP contribution in [0, 0.1) is 5.82 Å². The maximum absolute atomic E-state index is 13.7. The molecule has 2 aromatic rings. The number of nitrogens with one attached hydrogen (secondary N) is 1. The van der Waals surface area contributed by atoms with Crippen molar-refractivity contribution in [2.24, 2.45) is 0 Å². The van der Waals surface area contributed by atoms with E-state index in [0.717, 1.165) is 5.56 Å². The third-order valence-electron chi connectivity index (χ3n) is 3.13. The molecule has 110 valence electrons. The predicted octanol–water partition coefficient (Wildman–Crippen LogP) is 3.98. The van der Waals surface area contributed by atoms with Gasteiger partial charge in [0.25, 0.3) is 5.91 Å². The molecule has 0 fully saturated rings. The van der Waals surface area contributed by atoms with Gasteiger partial charge in [-0.3, -0.25) is 4.79 Å². The molecule has 0 bridgehead atoms. The molecule has 1 amide bonds. The number of carbonyl (C=O) groups excluding carboxylic acids is 1. The fourth-order valence-corrected chi connectivity index (χ4v) is 2.22. The highest BCUT2D eigenvalue weighted by molar-refractivity contribution is 6.31. The van der Waals surface area contributed by atoms with Gasteiger partial charge in [0.15, 0.2) is 0 Å². The zero-order valence-corrected chi connectivity index (χ0v) is 12.4. The molecule has 0 saturated heterocycles. The van der Waals surface area contributed by atoms with Crippen molar-refractivity contribution in [2.45, 2.75) is 13.0 Å². The second-order valence-electron chi connectivity index (χ2n) is 4.56. The van der Waals surface area contributed by atoms with Crippen LogP contribution in [-0.4, -0.2) is 13.0 Å². The first-order valence-corrected chi connectivity index (χ1v) is 6.79. The maximum atomic E-state index is 13.7. The summed E-state index contributed by atoms with van der Waals surface area (Å²) in [5.41, 5.74) is 0.736. The van der Waals surface area contributed by atoms with E-state index in [-0.39, 0.29) is 11.6 Å². The van der Waals surface area contributed by atoms with Crippen molar-refractivity contribution in [2.75, 3.05) is 7.11 Å². The van der Waals surface area contributed by atoms with Gasteiger partial charge in [-0.15, -0.1) is 0 Å². The molecule has 0 spiro atoms. The van der Waals surface area contributed by atoms with E-state index in [1.165, 1.54) is 18.2 Å². The fraction of sp³-hybridized carbons (Fsp3) is 0.188. The summed E-state index contributed by atoms with van der Waals surface area (Å²) in [6.07, 6.45) is 0. The number of rotatable bonds is 4. The highest BCUT2D eigenvalue weighted by Gasteiger charge is 2.17. The Bertz CT molecular complexity index is 660. The average molecular weight is 308 g/mol. The van der Waals surface area contributed by atoms with Gasteiger partial charge in [0, 0.05) is 10.6 Å². The molecule has 1 N–H and O–H groups in total. The molecule has 5 heteroatoms. The molecule has 0 aliphatic heterocycles. The highest BCUT2D eigenvalue weighted by Crippen LogP contribution is 2.25. The second-order valence-corrected chi connectivity index (χ2v) is 5.00. The van der Waals surface area contributed by atoms with Crippen LogP contribution in [0.2, 0.25) is 5.02 Å². The van der Waals surface area contributed by atoms with Crippen LogP contribution in [0.1, 0.15) is 28.9 Å². The van der Waals surface area contributed by atoms with Crippen LogP contribution in [0.3, 0.4) is 0 Å². The molecule has 21 heavy (non-hydrogen) atoms. The summed E-state index contributed by atoms with van der Waals surface area (Å²) >= 11 is 5.80. The summed E-state index contributed by atoms with van der Waals surface area (Å²) in [4.78, 5) is 12.2. The number of methoxy groups -OCH3 is 1. The number of benzene rings is 2. The standard InChI is InChI=1S/C16H15ClFNO2/c1-10(12-5-3-4-6-15(12)21-2)19-16(20)13-9-11(17)7-8-14(13)18/h3-10H,1-2H3,(H,19,20)/t10-/m0/s1. The van der Waals surface area contributed by atoms with Gasteiger partial charge in [0.05, 0.1) is 18.7 Å². The molecule has 0 aliphatic carbocycles. The lowest BCUT2D eigenvalue weighted by Gasteiger charge is -2.17. The Balaban J connectivity index is 2.21. The van der Waals surface area contributed by atoms with E-state index in [9.17, 15) is 9.18 Å². The zero-order valence-electron chi connectivity index (χ0n) is 11.7. The Morgan fingerprint density at radius 1 is 1.29 bits per heavy atom. The van der Waals surface area contributed by atoms with Crippen molar-refractivity contribution in [3.05, 3.63) is 64.4 Å². The lowest BCUT2D eigenvalue weighted by Crippen LogP contribution is -2.27. The first kappa shape index (κ1) is 15.3. The largest absolute Gasteiger partial charge is 0.496 e. The van der Waals surface area contributed by atoms with Crippen molar-refractivity contribution < 1.29 is 13.9 Å². The summed E-state index contributed by atoms with van der Waals surface area (Å²) in [6, 6.07) is 10.9.